The minimum Gasteiger partial charge on any atom is -0.350 e. The summed E-state index contributed by atoms with van der Waals surface area (Å²) >= 11 is 0. The van der Waals surface area contributed by atoms with Gasteiger partial charge in [-0.2, -0.15) is 0 Å². The molecule has 6 nitrogen and oxygen atoms in total. The van der Waals surface area contributed by atoms with Gasteiger partial charge in [-0.3, -0.25) is 9.59 Å². The maximum atomic E-state index is 12.5. The smallest absolute Gasteiger partial charge is 0.251 e. The summed E-state index contributed by atoms with van der Waals surface area (Å²) in [5.74, 6) is 0.380. The van der Waals surface area contributed by atoms with Crippen molar-refractivity contribution < 1.29 is 9.59 Å². The zero-order valence-electron chi connectivity index (χ0n) is 16.7. The second-order valence-electron chi connectivity index (χ2n) is 7.95. The van der Waals surface area contributed by atoms with Gasteiger partial charge in [-0.1, -0.05) is 29.8 Å². The zero-order chi connectivity index (χ0) is 20.3. The first kappa shape index (κ1) is 19.6. The van der Waals surface area contributed by atoms with Crippen LogP contribution in [0.15, 0.2) is 48.5 Å². The Kier molecular flexibility index (Phi) is 5.49. The van der Waals surface area contributed by atoms with Gasteiger partial charge in [0.1, 0.15) is 12.4 Å². The first-order valence-electron chi connectivity index (χ1n) is 9.33. The molecule has 0 bridgehead atoms. The van der Waals surface area contributed by atoms with E-state index in [1.54, 1.807) is 12.1 Å². The Morgan fingerprint density at radius 3 is 2.39 bits per heavy atom. The number of nitrogens with zero attached hydrogens (tertiary/aromatic N) is 2. The Bertz CT molecular complexity index is 998. The third-order valence-electron chi connectivity index (χ3n) is 4.27. The van der Waals surface area contributed by atoms with Crippen molar-refractivity contribution in [2.75, 3.05) is 0 Å². The normalized spacial score (nSPS) is 11.4. The SMILES string of the molecule is Cc1ccc(C(=O)NCc2nc3ccccc3n2CC(=O)NC(C)(C)C)cc1. The van der Waals surface area contributed by atoms with Gasteiger partial charge in [-0.25, -0.2) is 4.98 Å². The average Bonchev–Trinajstić information content (AvgIpc) is 2.96. The van der Waals surface area contributed by atoms with Crippen LogP contribution >= 0.6 is 0 Å². The van der Waals surface area contributed by atoms with Gasteiger partial charge in [-0.05, 0) is 52.0 Å². The molecule has 3 rings (SSSR count). The Morgan fingerprint density at radius 2 is 1.71 bits per heavy atom. The summed E-state index contributed by atoms with van der Waals surface area (Å²) in [7, 11) is 0. The van der Waals surface area contributed by atoms with Crippen LogP contribution in [0.4, 0.5) is 0 Å². The number of carbonyl (C=O) groups is 2. The number of aryl methyl sites for hydroxylation is 1. The lowest BCUT2D eigenvalue weighted by molar-refractivity contribution is -0.123. The summed E-state index contributed by atoms with van der Waals surface area (Å²) < 4.78 is 1.85. The van der Waals surface area contributed by atoms with E-state index in [0.717, 1.165) is 16.6 Å². The highest BCUT2D eigenvalue weighted by Gasteiger charge is 2.18. The van der Waals surface area contributed by atoms with E-state index in [-0.39, 0.29) is 30.4 Å². The number of nitrogens with one attached hydrogen (secondary N) is 2. The minimum atomic E-state index is -0.312. The van der Waals surface area contributed by atoms with Gasteiger partial charge in [0, 0.05) is 11.1 Å². The number of fused-ring (bicyclic) bond motifs is 1. The van der Waals surface area contributed by atoms with Crippen molar-refractivity contribution in [3.63, 3.8) is 0 Å². The highest BCUT2D eigenvalue weighted by molar-refractivity contribution is 5.94. The molecule has 6 heteroatoms. The fourth-order valence-corrected chi connectivity index (χ4v) is 3.00. The maximum absolute atomic E-state index is 12.5. The Balaban J connectivity index is 1.81. The van der Waals surface area contributed by atoms with E-state index in [0.29, 0.717) is 11.4 Å². The van der Waals surface area contributed by atoms with Gasteiger partial charge in [0.2, 0.25) is 5.91 Å². The van der Waals surface area contributed by atoms with Crippen LogP contribution in [0.25, 0.3) is 11.0 Å². The van der Waals surface area contributed by atoms with Crippen molar-refractivity contribution in [3.8, 4) is 0 Å². The number of para-hydroxylation sites is 2. The van der Waals surface area contributed by atoms with Crippen molar-refractivity contribution in [3.05, 3.63) is 65.5 Å². The highest BCUT2D eigenvalue weighted by atomic mass is 16.2. The molecule has 0 spiro atoms. The molecule has 146 valence electrons. The van der Waals surface area contributed by atoms with Crippen LogP contribution in [0.1, 0.15) is 42.5 Å². The molecule has 0 aliphatic carbocycles. The summed E-state index contributed by atoms with van der Waals surface area (Å²) in [6.45, 7) is 8.20. The first-order valence-corrected chi connectivity index (χ1v) is 9.33. The lowest BCUT2D eigenvalue weighted by Crippen LogP contribution is -2.42. The topological polar surface area (TPSA) is 76.0 Å². The van der Waals surface area contributed by atoms with Gasteiger partial charge in [0.25, 0.3) is 5.91 Å². The monoisotopic (exact) mass is 378 g/mol. The van der Waals surface area contributed by atoms with Crippen molar-refractivity contribution in [1.82, 2.24) is 20.2 Å². The summed E-state index contributed by atoms with van der Waals surface area (Å²) in [4.78, 5) is 29.5. The van der Waals surface area contributed by atoms with E-state index in [9.17, 15) is 9.59 Å². The van der Waals surface area contributed by atoms with Crippen LogP contribution in [-0.2, 0) is 17.9 Å². The number of benzene rings is 2. The van der Waals surface area contributed by atoms with Crippen LogP contribution in [0.5, 0.6) is 0 Å². The Morgan fingerprint density at radius 1 is 1.04 bits per heavy atom. The quantitative estimate of drug-likeness (QED) is 0.716. The molecule has 0 radical (unpaired) electrons. The molecule has 1 aromatic heterocycles. The van der Waals surface area contributed by atoms with Crippen molar-refractivity contribution in [1.29, 1.82) is 0 Å². The summed E-state index contributed by atoms with van der Waals surface area (Å²) in [6.07, 6.45) is 0. The predicted molar refractivity (Wildman–Crippen MR) is 110 cm³/mol. The molecule has 0 unspecified atom stereocenters. The van der Waals surface area contributed by atoms with Gasteiger partial charge in [0.15, 0.2) is 0 Å². The van der Waals surface area contributed by atoms with E-state index >= 15 is 0 Å². The van der Waals surface area contributed by atoms with Crippen LogP contribution in [-0.4, -0.2) is 26.9 Å². The summed E-state index contributed by atoms with van der Waals surface area (Å²) in [5, 5.41) is 5.87. The molecule has 0 aliphatic heterocycles. The van der Waals surface area contributed by atoms with Crippen molar-refractivity contribution in [2.24, 2.45) is 0 Å². The van der Waals surface area contributed by atoms with Crippen LogP contribution in [0.2, 0.25) is 0 Å². The highest BCUT2D eigenvalue weighted by Crippen LogP contribution is 2.16. The number of hydrogen-bond acceptors (Lipinski definition) is 3. The van der Waals surface area contributed by atoms with E-state index in [4.69, 9.17) is 0 Å². The number of rotatable bonds is 5. The number of aromatic nitrogens is 2. The first-order chi connectivity index (χ1) is 13.2. The fraction of sp³-hybridized carbons (Fsp3) is 0.318. The predicted octanol–water partition coefficient (Wildman–Crippen LogP) is 3.19. The van der Waals surface area contributed by atoms with Gasteiger partial charge < -0.3 is 15.2 Å². The van der Waals surface area contributed by atoms with Gasteiger partial charge in [-0.15, -0.1) is 0 Å². The molecule has 2 N–H and O–H groups in total. The maximum Gasteiger partial charge on any atom is 0.251 e. The molecule has 1 heterocycles. The van der Waals surface area contributed by atoms with Crippen LogP contribution in [0.3, 0.4) is 0 Å². The number of amides is 2. The molecule has 0 aliphatic rings. The standard InChI is InChI=1S/C22H26N4O2/c1-15-9-11-16(12-10-15)21(28)23-13-19-24-17-7-5-6-8-18(17)26(19)14-20(27)25-22(2,3)4/h5-12H,13-14H2,1-4H3,(H,23,28)(H,25,27). The zero-order valence-corrected chi connectivity index (χ0v) is 16.7. The summed E-state index contributed by atoms with van der Waals surface area (Å²) in [6, 6.07) is 15.0. The lowest BCUT2D eigenvalue weighted by Gasteiger charge is -2.21. The number of carbonyl (C=O) groups excluding carboxylic acids is 2. The third-order valence-corrected chi connectivity index (χ3v) is 4.27. The molecular formula is C22H26N4O2. The number of hydrogen-bond donors (Lipinski definition) is 2. The lowest BCUT2D eigenvalue weighted by atomic mass is 10.1. The summed E-state index contributed by atoms with van der Waals surface area (Å²) in [5.41, 5.74) is 3.05. The van der Waals surface area contributed by atoms with E-state index in [1.165, 1.54) is 0 Å². The van der Waals surface area contributed by atoms with E-state index < -0.39 is 0 Å². The molecule has 0 saturated carbocycles. The van der Waals surface area contributed by atoms with Crippen molar-refractivity contribution >= 4 is 22.8 Å². The molecule has 0 atom stereocenters. The molecule has 2 aromatic carbocycles. The minimum absolute atomic E-state index is 0.0956. The van der Waals surface area contributed by atoms with Gasteiger partial charge >= 0.3 is 0 Å². The number of imidazole rings is 1. The van der Waals surface area contributed by atoms with Crippen molar-refractivity contribution in [2.45, 2.75) is 46.3 Å². The molecule has 0 saturated heterocycles. The van der Waals surface area contributed by atoms with E-state index in [1.807, 2.05) is 68.7 Å². The van der Waals surface area contributed by atoms with E-state index in [2.05, 4.69) is 15.6 Å². The van der Waals surface area contributed by atoms with Crippen LogP contribution in [0, 0.1) is 6.92 Å². The second-order valence-corrected chi connectivity index (χ2v) is 7.95. The molecule has 28 heavy (non-hydrogen) atoms. The average molecular weight is 378 g/mol. The van der Waals surface area contributed by atoms with Gasteiger partial charge in [0.05, 0.1) is 17.6 Å². The largest absolute Gasteiger partial charge is 0.350 e. The second kappa shape index (κ2) is 7.84. The Labute approximate surface area is 165 Å². The Hall–Kier alpha value is -3.15. The molecular weight excluding hydrogens is 352 g/mol. The molecule has 2 amide bonds. The fourth-order valence-electron chi connectivity index (χ4n) is 3.00. The molecule has 3 aromatic rings. The van der Waals surface area contributed by atoms with Crippen LogP contribution < -0.4 is 10.6 Å². The third kappa shape index (κ3) is 4.76. The molecule has 0 fully saturated rings.